The highest BCUT2D eigenvalue weighted by molar-refractivity contribution is 8.00. The molecule has 0 unspecified atom stereocenters. The monoisotopic (exact) mass is 302 g/mol. The normalized spacial score (nSPS) is 10.1. The fourth-order valence-corrected chi connectivity index (χ4v) is 2.29. The van der Waals surface area contributed by atoms with E-state index < -0.39 is 5.97 Å². The lowest BCUT2D eigenvalue weighted by Gasteiger charge is -2.05. The van der Waals surface area contributed by atoms with Crippen molar-refractivity contribution in [2.45, 2.75) is 11.8 Å². The molecule has 0 aliphatic carbocycles. The second-order valence-electron chi connectivity index (χ2n) is 4.38. The minimum atomic E-state index is -1.05. The van der Waals surface area contributed by atoms with Gasteiger partial charge in [0.2, 0.25) is 5.91 Å². The Morgan fingerprint density at radius 1 is 1.24 bits per heavy atom. The van der Waals surface area contributed by atoms with E-state index in [4.69, 9.17) is 5.11 Å². The van der Waals surface area contributed by atoms with Crippen LogP contribution in [0.5, 0.6) is 0 Å². The number of pyridine rings is 1. The van der Waals surface area contributed by atoms with Crippen molar-refractivity contribution in [1.29, 1.82) is 0 Å². The van der Waals surface area contributed by atoms with Gasteiger partial charge in [-0.3, -0.25) is 4.79 Å². The lowest BCUT2D eigenvalue weighted by atomic mass is 10.2. The van der Waals surface area contributed by atoms with E-state index >= 15 is 0 Å². The quantitative estimate of drug-likeness (QED) is 0.830. The Labute approximate surface area is 126 Å². The first-order chi connectivity index (χ1) is 10.0. The van der Waals surface area contributed by atoms with E-state index in [0.717, 1.165) is 4.90 Å². The first-order valence-corrected chi connectivity index (χ1v) is 7.22. The minimum absolute atomic E-state index is 0.0893. The van der Waals surface area contributed by atoms with Crippen molar-refractivity contribution in [2.24, 2.45) is 0 Å². The van der Waals surface area contributed by atoms with Crippen molar-refractivity contribution in [3.63, 3.8) is 0 Å². The maximum absolute atomic E-state index is 11.8. The molecule has 108 valence electrons. The Morgan fingerprint density at radius 2 is 1.95 bits per heavy atom. The number of carboxylic acid groups (broad SMARTS) is 1. The van der Waals surface area contributed by atoms with Crippen molar-refractivity contribution in [3.8, 4) is 0 Å². The predicted octanol–water partition coefficient (Wildman–Crippen LogP) is 2.82. The average molecular weight is 302 g/mol. The van der Waals surface area contributed by atoms with Gasteiger partial charge in [-0.15, -0.1) is 11.8 Å². The number of carboxylic acids is 1. The molecule has 0 radical (unpaired) electrons. The first-order valence-electron chi connectivity index (χ1n) is 6.23. The number of nitrogens with one attached hydrogen (secondary N) is 1. The number of thioether (sulfide) groups is 1. The van der Waals surface area contributed by atoms with Gasteiger partial charge in [0.05, 0.1) is 11.3 Å². The first kappa shape index (κ1) is 15.1. The molecule has 2 N–H and O–H groups in total. The number of benzene rings is 1. The molecule has 21 heavy (non-hydrogen) atoms. The van der Waals surface area contributed by atoms with Crippen molar-refractivity contribution in [2.75, 3.05) is 11.1 Å². The number of hydrogen-bond acceptors (Lipinski definition) is 4. The number of amides is 1. The fraction of sp³-hybridized carbons (Fsp3) is 0.133. The molecule has 0 bridgehead atoms. The van der Waals surface area contributed by atoms with Gasteiger partial charge in [0.1, 0.15) is 5.82 Å². The van der Waals surface area contributed by atoms with Crippen LogP contribution in [-0.2, 0) is 4.79 Å². The van der Waals surface area contributed by atoms with Gasteiger partial charge in [-0.05, 0) is 31.2 Å². The van der Waals surface area contributed by atoms with Crippen LogP contribution in [0.3, 0.4) is 0 Å². The molecule has 2 rings (SSSR count). The summed E-state index contributed by atoms with van der Waals surface area (Å²) < 4.78 is 0. The molecule has 1 heterocycles. The summed E-state index contributed by atoms with van der Waals surface area (Å²) in [5.41, 5.74) is 1.25. The van der Waals surface area contributed by atoms with E-state index in [9.17, 15) is 9.59 Å². The number of carbonyl (C=O) groups is 2. The topological polar surface area (TPSA) is 79.3 Å². The number of rotatable bonds is 5. The Balaban J connectivity index is 1.91. The van der Waals surface area contributed by atoms with E-state index in [0.29, 0.717) is 0 Å². The van der Waals surface area contributed by atoms with Crippen LogP contribution in [0, 0.1) is 6.92 Å². The van der Waals surface area contributed by atoms with Crippen molar-refractivity contribution in [1.82, 2.24) is 4.98 Å². The standard InChI is InChI=1S/C15H14N2O3S/c1-10-2-4-12(5-3-10)21-9-14(18)17-13-8-11(15(19)20)6-7-16-13/h2-8H,9H2,1H3,(H,19,20)(H,16,17,18). The Hall–Kier alpha value is -2.34. The molecule has 1 aromatic carbocycles. The highest BCUT2D eigenvalue weighted by Gasteiger charge is 2.08. The highest BCUT2D eigenvalue weighted by atomic mass is 32.2. The molecule has 0 aliphatic rings. The molecule has 0 fully saturated rings. The third kappa shape index (κ3) is 4.61. The van der Waals surface area contributed by atoms with Crippen molar-refractivity contribution in [3.05, 3.63) is 53.7 Å². The summed E-state index contributed by atoms with van der Waals surface area (Å²) in [5, 5.41) is 11.5. The van der Waals surface area contributed by atoms with Crippen LogP contribution in [0.1, 0.15) is 15.9 Å². The molecule has 5 nitrogen and oxygen atoms in total. The number of aromatic carboxylic acids is 1. The van der Waals surface area contributed by atoms with E-state index in [2.05, 4.69) is 10.3 Å². The Morgan fingerprint density at radius 3 is 2.62 bits per heavy atom. The zero-order valence-corrected chi connectivity index (χ0v) is 12.2. The van der Waals surface area contributed by atoms with Gasteiger partial charge in [0.15, 0.2) is 0 Å². The van der Waals surface area contributed by atoms with Crippen LogP contribution >= 0.6 is 11.8 Å². The average Bonchev–Trinajstić information content (AvgIpc) is 2.47. The summed E-state index contributed by atoms with van der Waals surface area (Å²) in [7, 11) is 0. The summed E-state index contributed by atoms with van der Waals surface area (Å²) >= 11 is 1.41. The molecule has 6 heteroatoms. The number of nitrogens with zero attached hydrogens (tertiary/aromatic N) is 1. The minimum Gasteiger partial charge on any atom is -0.478 e. The van der Waals surface area contributed by atoms with Gasteiger partial charge in [-0.1, -0.05) is 17.7 Å². The van der Waals surface area contributed by atoms with Gasteiger partial charge in [0, 0.05) is 11.1 Å². The number of anilines is 1. The van der Waals surface area contributed by atoms with Crippen LogP contribution in [0.15, 0.2) is 47.5 Å². The lowest BCUT2D eigenvalue weighted by Crippen LogP contribution is -2.15. The number of carbonyl (C=O) groups excluding carboxylic acids is 1. The molecular formula is C15H14N2O3S. The fourth-order valence-electron chi connectivity index (χ4n) is 1.59. The van der Waals surface area contributed by atoms with Crippen LogP contribution in [0.2, 0.25) is 0 Å². The molecule has 0 saturated carbocycles. The summed E-state index contributed by atoms with van der Waals surface area (Å²) in [6.45, 7) is 2.00. The third-order valence-corrected chi connectivity index (χ3v) is 3.68. The maximum atomic E-state index is 11.8. The highest BCUT2D eigenvalue weighted by Crippen LogP contribution is 2.18. The molecule has 0 atom stereocenters. The zero-order chi connectivity index (χ0) is 15.2. The maximum Gasteiger partial charge on any atom is 0.335 e. The van der Waals surface area contributed by atoms with Crippen LogP contribution in [0.25, 0.3) is 0 Å². The number of aryl methyl sites for hydroxylation is 1. The largest absolute Gasteiger partial charge is 0.478 e. The summed E-state index contributed by atoms with van der Waals surface area (Å²) in [6, 6.07) is 10.6. The van der Waals surface area contributed by atoms with E-state index in [1.54, 1.807) is 0 Å². The number of aromatic nitrogens is 1. The van der Waals surface area contributed by atoms with Gasteiger partial charge < -0.3 is 10.4 Å². The van der Waals surface area contributed by atoms with E-state index in [1.165, 1.54) is 35.7 Å². The molecule has 2 aromatic rings. The van der Waals surface area contributed by atoms with Crippen molar-refractivity contribution < 1.29 is 14.7 Å². The van der Waals surface area contributed by atoms with Gasteiger partial charge in [0.25, 0.3) is 0 Å². The molecule has 0 aliphatic heterocycles. The predicted molar refractivity (Wildman–Crippen MR) is 81.7 cm³/mol. The third-order valence-electron chi connectivity index (χ3n) is 2.67. The molecular weight excluding hydrogens is 288 g/mol. The molecule has 0 spiro atoms. The van der Waals surface area contributed by atoms with Gasteiger partial charge in [-0.2, -0.15) is 0 Å². The van der Waals surface area contributed by atoms with Gasteiger partial charge >= 0.3 is 5.97 Å². The van der Waals surface area contributed by atoms with Crippen LogP contribution in [0.4, 0.5) is 5.82 Å². The second kappa shape index (κ2) is 6.90. The second-order valence-corrected chi connectivity index (χ2v) is 5.43. The Kier molecular flexibility index (Phi) is 4.94. The SMILES string of the molecule is Cc1ccc(SCC(=O)Nc2cc(C(=O)O)ccn2)cc1. The Bertz CT molecular complexity index is 656. The summed E-state index contributed by atoms with van der Waals surface area (Å²) in [6.07, 6.45) is 1.35. The van der Waals surface area contributed by atoms with Crippen molar-refractivity contribution >= 4 is 29.5 Å². The lowest BCUT2D eigenvalue weighted by molar-refractivity contribution is -0.113. The number of hydrogen-bond donors (Lipinski definition) is 2. The van der Waals surface area contributed by atoms with E-state index in [1.807, 2.05) is 31.2 Å². The van der Waals surface area contributed by atoms with Crippen LogP contribution < -0.4 is 5.32 Å². The summed E-state index contributed by atoms with van der Waals surface area (Å²) in [5.74, 6) is -0.802. The molecule has 1 amide bonds. The van der Waals surface area contributed by atoms with Gasteiger partial charge in [-0.25, -0.2) is 9.78 Å². The van der Waals surface area contributed by atoms with Crippen LogP contribution in [-0.4, -0.2) is 27.7 Å². The van der Waals surface area contributed by atoms with E-state index in [-0.39, 0.29) is 23.0 Å². The molecule has 0 saturated heterocycles. The zero-order valence-electron chi connectivity index (χ0n) is 11.4. The smallest absolute Gasteiger partial charge is 0.335 e. The summed E-state index contributed by atoms with van der Waals surface area (Å²) in [4.78, 5) is 27.6. The molecule has 1 aromatic heterocycles.